The molecule has 0 unspecified atom stereocenters. The molecule has 0 saturated heterocycles. The summed E-state index contributed by atoms with van der Waals surface area (Å²) in [5.74, 6) is -0.537. The first-order chi connectivity index (χ1) is 11.0. The van der Waals surface area contributed by atoms with Crippen molar-refractivity contribution in [1.29, 1.82) is 0 Å². The van der Waals surface area contributed by atoms with Gasteiger partial charge in [0.1, 0.15) is 5.82 Å². The number of guanidine groups is 1. The summed E-state index contributed by atoms with van der Waals surface area (Å²) in [6.45, 7) is 7.23. The first-order valence-electron chi connectivity index (χ1n) is 7.58. The molecule has 0 saturated carbocycles. The van der Waals surface area contributed by atoms with Crippen LogP contribution in [0.25, 0.3) is 0 Å². The van der Waals surface area contributed by atoms with Gasteiger partial charge in [-0.2, -0.15) is 13.2 Å². The Morgan fingerprint density at radius 2 is 1.72 bits per heavy atom. The molecule has 0 aromatic heterocycles. The average molecular weight is 476 g/mol. The maximum absolute atomic E-state index is 13.1. The van der Waals surface area contributed by atoms with Crippen LogP contribution in [0.5, 0.6) is 0 Å². The Bertz CT molecular complexity index is 568. The van der Waals surface area contributed by atoms with Gasteiger partial charge in [-0.3, -0.25) is 4.99 Å². The lowest BCUT2D eigenvalue weighted by atomic mass is 10.1. The SMILES string of the molecule is CN=C(NCCNC(C)(C)C)NCc1ccc(F)cc1C(F)(F)F.I. The van der Waals surface area contributed by atoms with Gasteiger partial charge < -0.3 is 16.0 Å². The number of nitrogens with one attached hydrogen (secondary N) is 3. The van der Waals surface area contributed by atoms with E-state index in [9.17, 15) is 17.6 Å². The molecule has 0 fully saturated rings. The molecule has 1 aromatic carbocycles. The Hall–Kier alpha value is -1.10. The van der Waals surface area contributed by atoms with Gasteiger partial charge in [-0.25, -0.2) is 4.39 Å². The van der Waals surface area contributed by atoms with Gasteiger partial charge >= 0.3 is 6.18 Å². The second kappa shape index (κ2) is 10.1. The predicted molar refractivity (Wildman–Crippen MR) is 103 cm³/mol. The maximum Gasteiger partial charge on any atom is 0.416 e. The van der Waals surface area contributed by atoms with Crippen molar-refractivity contribution in [3.05, 3.63) is 35.1 Å². The number of aliphatic imine (C=N–C) groups is 1. The van der Waals surface area contributed by atoms with Crippen molar-refractivity contribution in [1.82, 2.24) is 16.0 Å². The Balaban J connectivity index is 0.00000576. The van der Waals surface area contributed by atoms with E-state index in [1.165, 1.54) is 7.05 Å². The minimum Gasteiger partial charge on any atom is -0.355 e. The molecule has 3 N–H and O–H groups in total. The van der Waals surface area contributed by atoms with Crippen molar-refractivity contribution in [3.63, 3.8) is 0 Å². The van der Waals surface area contributed by atoms with Gasteiger partial charge in [0.25, 0.3) is 0 Å². The van der Waals surface area contributed by atoms with E-state index in [1.54, 1.807) is 0 Å². The molecule has 25 heavy (non-hydrogen) atoms. The van der Waals surface area contributed by atoms with Gasteiger partial charge in [-0.15, -0.1) is 24.0 Å². The maximum atomic E-state index is 13.1. The lowest BCUT2D eigenvalue weighted by Crippen LogP contribution is -2.44. The molecule has 144 valence electrons. The van der Waals surface area contributed by atoms with Crippen LogP contribution >= 0.6 is 24.0 Å². The van der Waals surface area contributed by atoms with Crippen LogP contribution in [0.3, 0.4) is 0 Å². The summed E-state index contributed by atoms with van der Waals surface area (Å²) in [5, 5.41) is 9.08. The van der Waals surface area contributed by atoms with Crippen LogP contribution in [0.2, 0.25) is 0 Å². The van der Waals surface area contributed by atoms with Gasteiger partial charge in [-0.1, -0.05) is 6.07 Å². The van der Waals surface area contributed by atoms with E-state index in [2.05, 4.69) is 20.9 Å². The van der Waals surface area contributed by atoms with E-state index in [0.717, 1.165) is 12.1 Å². The molecule has 0 bridgehead atoms. The quantitative estimate of drug-likeness (QED) is 0.201. The van der Waals surface area contributed by atoms with Gasteiger partial charge in [0, 0.05) is 32.2 Å². The van der Waals surface area contributed by atoms with Crippen LogP contribution in [0.15, 0.2) is 23.2 Å². The fraction of sp³-hybridized carbons (Fsp3) is 0.562. The van der Waals surface area contributed by atoms with Crippen LogP contribution in [0.1, 0.15) is 31.9 Å². The van der Waals surface area contributed by atoms with Crippen molar-refractivity contribution in [2.45, 2.75) is 39.0 Å². The second-order valence-corrected chi connectivity index (χ2v) is 6.33. The van der Waals surface area contributed by atoms with E-state index in [-0.39, 0.29) is 41.6 Å². The Morgan fingerprint density at radius 1 is 1.08 bits per heavy atom. The van der Waals surface area contributed by atoms with E-state index in [4.69, 9.17) is 0 Å². The molecule has 0 aliphatic heterocycles. The summed E-state index contributed by atoms with van der Waals surface area (Å²) in [5.41, 5.74) is -1.05. The van der Waals surface area contributed by atoms with Crippen molar-refractivity contribution in [2.75, 3.05) is 20.1 Å². The summed E-state index contributed by atoms with van der Waals surface area (Å²) in [7, 11) is 1.53. The van der Waals surface area contributed by atoms with Crippen molar-refractivity contribution >= 4 is 29.9 Å². The molecule has 0 aliphatic rings. The fourth-order valence-corrected chi connectivity index (χ4v) is 1.98. The molecule has 1 aromatic rings. The Kier molecular flexibility index (Phi) is 9.70. The zero-order chi connectivity index (χ0) is 18.4. The van der Waals surface area contributed by atoms with Crippen LogP contribution in [0.4, 0.5) is 17.6 Å². The topological polar surface area (TPSA) is 48.5 Å². The van der Waals surface area contributed by atoms with E-state index < -0.39 is 17.6 Å². The lowest BCUT2D eigenvalue weighted by Gasteiger charge is -2.21. The zero-order valence-electron chi connectivity index (χ0n) is 14.7. The van der Waals surface area contributed by atoms with Crippen molar-refractivity contribution in [3.8, 4) is 0 Å². The van der Waals surface area contributed by atoms with Crippen LogP contribution < -0.4 is 16.0 Å². The third kappa shape index (κ3) is 9.24. The first kappa shape index (κ1) is 23.9. The number of nitrogens with zero attached hydrogens (tertiary/aromatic N) is 1. The highest BCUT2D eigenvalue weighted by Crippen LogP contribution is 2.32. The van der Waals surface area contributed by atoms with E-state index in [1.807, 2.05) is 20.8 Å². The largest absolute Gasteiger partial charge is 0.416 e. The molecule has 4 nitrogen and oxygen atoms in total. The minimum atomic E-state index is -4.60. The smallest absolute Gasteiger partial charge is 0.355 e. The summed E-state index contributed by atoms with van der Waals surface area (Å²) in [4.78, 5) is 3.96. The summed E-state index contributed by atoms with van der Waals surface area (Å²) < 4.78 is 51.9. The van der Waals surface area contributed by atoms with Crippen molar-refractivity contribution < 1.29 is 17.6 Å². The average Bonchev–Trinajstić information content (AvgIpc) is 2.45. The minimum absolute atomic E-state index is 0. The Labute approximate surface area is 162 Å². The molecule has 0 spiro atoms. The first-order valence-corrected chi connectivity index (χ1v) is 7.58. The second-order valence-electron chi connectivity index (χ2n) is 6.33. The van der Waals surface area contributed by atoms with Crippen molar-refractivity contribution in [2.24, 2.45) is 4.99 Å². The molecular formula is C16H25F4IN4. The molecule has 0 atom stereocenters. The number of hydrogen-bond donors (Lipinski definition) is 3. The molecule has 0 radical (unpaired) electrons. The van der Waals surface area contributed by atoms with Crippen LogP contribution in [-0.4, -0.2) is 31.6 Å². The van der Waals surface area contributed by atoms with Gasteiger partial charge in [0.15, 0.2) is 5.96 Å². The highest BCUT2D eigenvalue weighted by atomic mass is 127. The normalized spacial score (nSPS) is 12.6. The van der Waals surface area contributed by atoms with Gasteiger partial charge in [0.2, 0.25) is 0 Å². The Morgan fingerprint density at radius 3 is 2.24 bits per heavy atom. The number of rotatable bonds is 5. The third-order valence-electron chi connectivity index (χ3n) is 3.12. The molecule has 9 heteroatoms. The molecule has 0 heterocycles. The molecule has 0 amide bonds. The van der Waals surface area contributed by atoms with Gasteiger partial charge in [-0.05, 0) is 38.5 Å². The van der Waals surface area contributed by atoms with Crippen LogP contribution in [-0.2, 0) is 12.7 Å². The molecule has 0 aliphatic carbocycles. The standard InChI is InChI=1S/C16H24F4N4.HI/c1-15(2,3)24-8-7-22-14(21-4)23-10-11-5-6-12(17)9-13(11)16(18,19)20;/h5-6,9,24H,7-8,10H2,1-4H3,(H2,21,22,23);1H. The predicted octanol–water partition coefficient (Wildman–Crippen LogP) is 3.52. The monoisotopic (exact) mass is 476 g/mol. The summed E-state index contributed by atoms with van der Waals surface area (Å²) in [6, 6.07) is 2.63. The summed E-state index contributed by atoms with van der Waals surface area (Å²) >= 11 is 0. The number of halogens is 5. The third-order valence-corrected chi connectivity index (χ3v) is 3.12. The molecular weight excluding hydrogens is 451 g/mol. The number of benzene rings is 1. The highest BCUT2D eigenvalue weighted by molar-refractivity contribution is 14.0. The lowest BCUT2D eigenvalue weighted by molar-refractivity contribution is -0.138. The summed E-state index contributed by atoms with van der Waals surface area (Å²) in [6.07, 6.45) is -4.60. The highest BCUT2D eigenvalue weighted by Gasteiger charge is 2.33. The number of alkyl halides is 3. The van der Waals surface area contributed by atoms with E-state index >= 15 is 0 Å². The fourth-order valence-electron chi connectivity index (χ4n) is 1.98. The zero-order valence-corrected chi connectivity index (χ0v) is 17.1. The van der Waals surface area contributed by atoms with E-state index in [0.29, 0.717) is 25.1 Å². The molecule has 1 rings (SSSR count). The van der Waals surface area contributed by atoms with Gasteiger partial charge in [0.05, 0.1) is 5.56 Å². The van der Waals surface area contributed by atoms with Crippen LogP contribution in [0, 0.1) is 5.82 Å². The number of hydrogen-bond acceptors (Lipinski definition) is 2.